The molecule has 22 heavy (non-hydrogen) atoms. The first-order valence-electron chi connectivity index (χ1n) is 7.03. The van der Waals surface area contributed by atoms with Gasteiger partial charge < -0.3 is 14.5 Å². The molecule has 1 amide bonds. The van der Waals surface area contributed by atoms with E-state index in [0.717, 1.165) is 5.75 Å². The van der Waals surface area contributed by atoms with Gasteiger partial charge in [-0.2, -0.15) is 11.8 Å². The van der Waals surface area contributed by atoms with Crippen LogP contribution in [0.5, 0.6) is 5.75 Å². The van der Waals surface area contributed by atoms with Crippen LogP contribution in [0.4, 0.5) is 0 Å². The summed E-state index contributed by atoms with van der Waals surface area (Å²) < 4.78 is 10.8. The van der Waals surface area contributed by atoms with E-state index in [1.54, 1.807) is 36.0 Å². The minimum atomic E-state index is -0.643. The Morgan fingerprint density at radius 1 is 1.36 bits per heavy atom. The van der Waals surface area contributed by atoms with Crippen molar-refractivity contribution in [2.45, 2.75) is 20.0 Å². The van der Waals surface area contributed by atoms with Gasteiger partial charge in [0.15, 0.2) is 0 Å². The first-order valence-corrected chi connectivity index (χ1v) is 8.42. The quantitative estimate of drug-likeness (QED) is 0.654. The number of carbonyl (C=O) groups is 1. The molecule has 0 aliphatic rings. The van der Waals surface area contributed by atoms with Crippen LogP contribution < -0.4 is 15.7 Å². The lowest BCUT2D eigenvalue weighted by Crippen LogP contribution is -2.29. The highest BCUT2D eigenvalue weighted by Gasteiger charge is 2.13. The maximum absolute atomic E-state index is 12.0. The number of ether oxygens (including phenoxy) is 1. The zero-order valence-electron chi connectivity index (χ0n) is 12.8. The predicted molar refractivity (Wildman–Crippen MR) is 89.0 cm³/mol. The lowest BCUT2D eigenvalue weighted by atomic mass is 10.1. The summed E-state index contributed by atoms with van der Waals surface area (Å²) in [5, 5.41) is 3.38. The molecule has 0 unspecified atom stereocenters. The minimum Gasteiger partial charge on any atom is -0.491 e. The molecular weight excluding hydrogens is 302 g/mol. The standard InChI is InChI=1S/C16H19NO4S/c1-10(2)20-12-5-4-11-8-13(15(18)17-6-7-22-3)16(19)21-14(11)9-12/h4-5,8-10H,6-7H2,1-3H3,(H,17,18). The van der Waals surface area contributed by atoms with Crippen molar-refractivity contribution in [3.05, 3.63) is 40.2 Å². The smallest absolute Gasteiger partial charge is 0.349 e. The molecule has 0 aliphatic carbocycles. The molecule has 0 saturated carbocycles. The SMILES string of the molecule is CSCCNC(=O)c1cc2ccc(OC(C)C)cc2oc1=O. The van der Waals surface area contributed by atoms with Crippen LogP contribution >= 0.6 is 11.8 Å². The molecule has 118 valence electrons. The number of hydrogen-bond donors (Lipinski definition) is 1. The highest BCUT2D eigenvalue weighted by atomic mass is 32.2. The molecular formula is C16H19NO4S. The van der Waals surface area contributed by atoms with Gasteiger partial charge in [-0.3, -0.25) is 4.79 Å². The molecule has 0 radical (unpaired) electrons. The molecule has 0 spiro atoms. The van der Waals surface area contributed by atoms with Crippen molar-refractivity contribution >= 4 is 28.6 Å². The number of hydrogen-bond acceptors (Lipinski definition) is 5. The molecule has 0 fully saturated rings. The first-order chi connectivity index (χ1) is 10.5. The second-order valence-electron chi connectivity index (χ2n) is 5.06. The van der Waals surface area contributed by atoms with Gasteiger partial charge in [0.1, 0.15) is 16.9 Å². The molecule has 6 heteroatoms. The van der Waals surface area contributed by atoms with Gasteiger partial charge in [0.05, 0.1) is 6.10 Å². The molecule has 0 atom stereocenters. The Bertz CT molecular complexity index is 724. The van der Waals surface area contributed by atoms with Crippen LogP contribution in [0.3, 0.4) is 0 Å². The number of carbonyl (C=O) groups excluding carboxylic acids is 1. The lowest BCUT2D eigenvalue weighted by molar-refractivity contribution is 0.0952. The van der Waals surface area contributed by atoms with Crippen LogP contribution in [0.15, 0.2) is 33.5 Å². The summed E-state index contributed by atoms with van der Waals surface area (Å²) in [7, 11) is 0. The largest absolute Gasteiger partial charge is 0.491 e. The summed E-state index contributed by atoms with van der Waals surface area (Å²) in [6.45, 7) is 4.35. The second kappa shape index (κ2) is 7.35. The van der Waals surface area contributed by atoms with E-state index in [0.29, 0.717) is 23.3 Å². The topological polar surface area (TPSA) is 68.5 Å². The summed E-state index contributed by atoms with van der Waals surface area (Å²) in [5.41, 5.74) is -0.217. The van der Waals surface area contributed by atoms with E-state index in [1.807, 2.05) is 20.1 Å². The second-order valence-corrected chi connectivity index (χ2v) is 6.05. The Morgan fingerprint density at radius 3 is 2.82 bits per heavy atom. The van der Waals surface area contributed by atoms with Crippen LogP contribution in [0.25, 0.3) is 11.0 Å². The summed E-state index contributed by atoms with van der Waals surface area (Å²) in [6, 6.07) is 6.77. The Kier molecular flexibility index (Phi) is 5.49. The van der Waals surface area contributed by atoms with Gasteiger partial charge in [-0.25, -0.2) is 4.79 Å². The molecule has 1 N–H and O–H groups in total. The lowest BCUT2D eigenvalue weighted by Gasteiger charge is -2.10. The molecule has 2 rings (SSSR count). The van der Waals surface area contributed by atoms with E-state index in [-0.39, 0.29) is 11.7 Å². The number of fused-ring (bicyclic) bond motifs is 1. The van der Waals surface area contributed by atoms with E-state index in [4.69, 9.17) is 9.15 Å². The normalized spacial score (nSPS) is 10.9. The van der Waals surface area contributed by atoms with Gasteiger partial charge in [-0.05, 0) is 38.3 Å². The summed E-state index contributed by atoms with van der Waals surface area (Å²) in [4.78, 5) is 24.0. The van der Waals surface area contributed by atoms with Gasteiger partial charge in [0, 0.05) is 23.8 Å². The molecule has 1 aromatic heterocycles. The Balaban J connectivity index is 2.29. The number of thioether (sulfide) groups is 1. The highest BCUT2D eigenvalue weighted by molar-refractivity contribution is 7.98. The Morgan fingerprint density at radius 2 is 2.14 bits per heavy atom. The summed E-state index contributed by atoms with van der Waals surface area (Å²) >= 11 is 1.62. The third-order valence-corrected chi connectivity index (χ3v) is 3.53. The van der Waals surface area contributed by atoms with Gasteiger partial charge in [0.2, 0.25) is 0 Å². The van der Waals surface area contributed by atoms with Crippen molar-refractivity contribution in [2.24, 2.45) is 0 Å². The van der Waals surface area contributed by atoms with Crippen LogP contribution in [-0.2, 0) is 0 Å². The van der Waals surface area contributed by atoms with E-state index in [1.165, 1.54) is 0 Å². The summed E-state index contributed by atoms with van der Waals surface area (Å²) in [6.07, 6.45) is 1.98. The van der Waals surface area contributed by atoms with E-state index >= 15 is 0 Å². The fourth-order valence-corrected chi connectivity index (χ4v) is 2.26. The van der Waals surface area contributed by atoms with Gasteiger partial charge >= 0.3 is 5.63 Å². The van der Waals surface area contributed by atoms with Crippen molar-refractivity contribution in [3.8, 4) is 5.75 Å². The molecule has 2 aromatic rings. The van der Waals surface area contributed by atoms with Crippen LogP contribution in [-0.4, -0.2) is 30.6 Å². The van der Waals surface area contributed by atoms with Crippen LogP contribution in [0, 0.1) is 0 Å². The Hall–Kier alpha value is -1.95. The number of nitrogens with one attached hydrogen (secondary N) is 1. The fraction of sp³-hybridized carbons (Fsp3) is 0.375. The maximum atomic E-state index is 12.0. The predicted octanol–water partition coefficient (Wildman–Crippen LogP) is 2.67. The van der Waals surface area contributed by atoms with Crippen molar-refractivity contribution in [1.29, 1.82) is 0 Å². The molecule has 0 saturated heterocycles. The van der Waals surface area contributed by atoms with E-state index < -0.39 is 11.5 Å². The van der Waals surface area contributed by atoms with Crippen molar-refractivity contribution in [1.82, 2.24) is 5.32 Å². The number of amides is 1. The van der Waals surface area contributed by atoms with Crippen molar-refractivity contribution in [3.63, 3.8) is 0 Å². The highest BCUT2D eigenvalue weighted by Crippen LogP contribution is 2.21. The zero-order valence-corrected chi connectivity index (χ0v) is 13.7. The third kappa shape index (κ3) is 4.04. The third-order valence-electron chi connectivity index (χ3n) is 2.92. The average molecular weight is 321 g/mol. The fourth-order valence-electron chi connectivity index (χ4n) is 1.96. The minimum absolute atomic E-state index is 0.0196. The zero-order chi connectivity index (χ0) is 16.1. The molecule has 5 nitrogen and oxygen atoms in total. The van der Waals surface area contributed by atoms with Crippen LogP contribution in [0.2, 0.25) is 0 Å². The average Bonchev–Trinajstić information content (AvgIpc) is 2.46. The number of rotatable bonds is 6. The summed E-state index contributed by atoms with van der Waals surface area (Å²) in [5.74, 6) is 1.01. The van der Waals surface area contributed by atoms with Crippen molar-refractivity contribution in [2.75, 3.05) is 18.6 Å². The molecule has 1 heterocycles. The van der Waals surface area contributed by atoms with Gasteiger partial charge in [-0.1, -0.05) is 0 Å². The van der Waals surface area contributed by atoms with Gasteiger partial charge in [-0.15, -0.1) is 0 Å². The maximum Gasteiger partial charge on any atom is 0.349 e. The molecule has 0 bridgehead atoms. The van der Waals surface area contributed by atoms with E-state index in [2.05, 4.69) is 5.32 Å². The van der Waals surface area contributed by atoms with Crippen molar-refractivity contribution < 1.29 is 13.9 Å². The number of benzene rings is 1. The van der Waals surface area contributed by atoms with E-state index in [9.17, 15) is 9.59 Å². The monoisotopic (exact) mass is 321 g/mol. The van der Waals surface area contributed by atoms with Crippen LogP contribution in [0.1, 0.15) is 24.2 Å². The molecule has 1 aromatic carbocycles. The van der Waals surface area contributed by atoms with Gasteiger partial charge in [0.25, 0.3) is 5.91 Å². The first kappa shape index (κ1) is 16.4. The molecule has 0 aliphatic heterocycles. The Labute approximate surface area is 133 Å².